The van der Waals surface area contributed by atoms with Crippen molar-refractivity contribution in [3.05, 3.63) is 58.6 Å². The second-order valence-corrected chi connectivity index (χ2v) is 3.86. The normalized spacial score (nSPS) is 10.3. The van der Waals surface area contributed by atoms with E-state index < -0.39 is 11.6 Å². The number of carbonyl (C=O) groups excluding carboxylic acids is 1. The summed E-state index contributed by atoms with van der Waals surface area (Å²) in [5, 5.41) is 0.376. The Labute approximate surface area is 102 Å². The highest BCUT2D eigenvalue weighted by Crippen LogP contribution is 2.31. The molecule has 0 aliphatic heterocycles. The van der Waals surface area contributed by atoms with Crippen molar-refractivity contribution in [2.75, 3.05) is 0 Å². The molecule has 0 saturated carbocycles. The lowest BCUT2D eigenvalue weighted by Gasteiger charge is -2.07. The largest absolute Gasteiger partial charge is 0.298 e. The maximum Gasteiger partial charge on any atom is 0.159 e. The molecule has 0 N–H and O–H groups in total. The van der Waals surface area contributed by atoms with Gasteiger partial charge in [0.25, 0.3) is 0 Å². The number of hydrogen-bond acceptors (Lipinski definition) is 1. The Morgan fingerprint density at radius 1 is 1.00 bits per heavy atom. The van der Waals surface area contributed by atoms with E-state index in [2.05, 4.69) is 0 Å². The number of carbonyl (C=O) groups is 1. The summed E-state index contributed by atoms with van der Waals surface area (Å²) < 4.78 is 26.2. The summed E-state index contributed by atoms with van der Waals surface area (Å²) in [6.45, 7) is 0. The Balaban J connectivity index is 2.71. The number of aldehydes is 1. The van der Waals surface area contributed by atoms with Gasteiger partial charge in [-0.3, -0.25) is 4.79 Å². The number of benzene rings is 2. The summed E-state index contributed by atoms with van der Waals surface area (Å²) in [7, 11) is 0. The van der Waals surface area contributed by atoms with E-state index in [1.54, 1.807) is 24.3 Å². The molecule has 2 aromatic rings. The lowest BCUT2D eigenvalue weighted by molar-refractivity contribution is 0.112. The fraction of sp³-hybridized carbons (Fsp3) is 0. The highest BCUT2D eigenvalue weighted by Gasteiger charge is 2.12. The minimum absolute atomic E-state index is 0.0667. The van der Waals surface area contributed by atoms with E-state index in [0.717, 1.165) is 12.1 Å². The first kappa shape index (κ1) is 11.7. The van der Waals surface area contributed by atoms with E-state index in [9.17, 15) is 13.6 Å². The molecule has 0 atom stereocenters. The predicted molar refractivity (Wildman–Crippen MR) is 62.2 cm³/mol. The van der Waals surface area contributed by atoms with Crippen LogP contribution in [0.25, 0.3) is 11.1 Å². The molecule has 0 saturated heterocycles. The lowest BCUT2D eigenvalue weighted by Crippen LogP contribution is -1.94. The minimum Gasteiger partial charge on any atom is -0.298 e. The molecule has 2 rings (SSSR count). The van der Waals surface area contributed by atoms with Crippen molar-refractivity contribution >= 4 is 17.9 Å². The summed E-state index contributed by atoms with van der Waals surface area (Å²) in [5.41, 5.74) is 0.844. The van der Waals surface area contributed by atoms with Gasteiger partial charge in [-0.15, -0.1) is 0 Å². The van der Waals surface area contributed by atoms with E-state index in [0.29, 0.717) is 16.9 Å². The van der Waals surface area contributed by atoms with Crippen LogP contribution in [0.4, 0.5) is 8.78 Å². The van der Waals surface area contributed by atoms with E-state index in [4.69, 9.17) is 11.6 Å². The SMILES string of the molecule is O=Cc1cc(F)c(F)cc1-c1ccccc1Cl. The Morgan fingerprint density at radius 3 is 2.29 bits per heavy atom. The fourth-order valence-corrected chi connectivity index (χ4v) is 1.81. The molecule has 0 spiro atoms. The number of rotatable bonds is 2. The zero-order valence-corrected chi connectivity index (χ0v) is 9.34. The van der Waals surface area contributed by atoms with Crippen molar-refractivity contribution in [3.63, 3.8) is 0 Å². The van der Waals surface area contributed by atoms with Crippen molar-refractivity contribution < 1.29 is 13.6 Å². The molecule has 86 valence electrons. The van der Waals surface area contributed by atoms with E-state index in [1.807, 2.05) is 0 Å². The van der Waals surface area contributed by atoms with Crippen LogP contribution in [0.2, 0.25) is 5.02 Å². The minimum atomic E-state index is -1.05. The van der Waals surface area contributed by atoms with Gasteiger partial charge in [0.1, 0.15) is 0 Å². The number of halogens is 3. The molecule has 0 aromatic heterocycles. The van der Waals surface area contributed by atoms with Gasteiger partial charge < -0.3 is 0 Å². The second kappa shape index (κ2) is 4.63. The van der Waals surface area contributed by atoms with Crippen molar-refractivity contribution in [3.8, 4) is 11.1 Å². The number of hydrogen-bond donors (Lipinski definition) is 0. The molecule has 0 fully saturated rings. The van der Waals surface area contributed by atoms with Crippen molar-refractivity contribution in [1.29, 1.82) is 0 Å². The van der Waals surface area contributed by atoms with Gasteiger partial charge in [0.2, 0.25) is 0 Å². The topological polar surface area (TPSA) is 17.1 Å². The van der Waals surface area contributed by atoms with E-state index in [1.165, 1.54) is 0 Å². The molecule has 0 bridgehead atoms. The second-order valence-electron chi connectivity index (χ2n) is 3.45. The van der Waals surface area contributed by atoms with E-state index >= 15 is 0 Å². The van der Waals surface area contributed by atoms with Crippen molar-refractivity contribution in [2.45, 2.75) is 0 Å². The van der Waals surface area contributed by atoms with Crippen LogP contribution in [0.1, 0.15) is 10.4 Å². The molecule has 0 aliphatic carbocycles. The molecule has 0 amide bonds. The van der Waals surface area contributed by atoms with Gasteiger partial charge in [-0.05, 0) is 23.8 Å². The average Bonchev–Trinajstić information content (AvgIpc) is 2.33. The standard InChI is InChI=1S/C13H7ClF2O/c14-11-4-2-1-3-9(11)10-6-13(16)12(15)5-8(10)7-17/h1-7H. The fourth-order valence-electron chi connectivity index (χ4n) is 1.57. The van der Waals surface area contributed by atoms with Gasteiger partial charge in [-0.1, -0.05) is 29.8 Å². The quantitative estimate of drug-likeness (QED) is 0.736. The van der Waals surface area contributed by atoms with Gasteiger partial charge >= 0.3 is 0 Å². The van der Waals surface area contributed by atoms with Gasteiger partial charge in [0.05, 0.1) is 0 Å². The van der Waals surface area contributed by atoms with Crippen molar-refractivity contribution in [2.24, 2.45) is 0 Å². The van der Waals surface area contributed by atoms with Crippen LogP contribution in [0.5, 0.6) is 0 Å². The molecule has 2 aromatic carbocycles. The average molecular weight is 253 g/mol. The van der Waals surface area contributed by atoms with Crippen LogP contribution in [0, 0.1) is 11.6 Å². The Morgan fingerprint density at radius 2 is 1.65 bits per heavy atom. The monoisotopic (exact) mass is 252 g/mol. The first-order valence-corrected chi connectivity index (χ1v) is 5.20. The van der Waals surface area contributed by atoms with Crippen molar-refractivity contribution in [1.82, 2.24) is 0 Å². The maximum atomic E-state index is 13.2. The molecule has 0 aliphatic rings. The van der Waals surface area contributed by atoms with Gasteiger partial charge in [-0.25, -0.2) is 8.78 Å². The molecule has 0 radical (unpaired) electrons. The molecule has 0 heterocycles. The van der Waals surface area contributed by atoms with Gasteiger partial charge in [-0.2, -0.15) is 0 Å². The third kappa shape index (κ3) is 2.19. The van der Waals surface area contributed by atoms with Crippen LogP contribution in [-0.4, -0.2) is 6.29 Å². The van der Waals surface area contributed by atoms with Crippen LogP contribution < -0.4 is 0 Å². The zero-order valence-electron chi connectivity index (χ0n) is 8.58. The highest BCUT2D eigenvalue weighted by atomic mass is 35.5. The third-order valence-corrected chi connectivity index (χ3v) is 2.71. The highest BCUT2D eigenvalue weighted by molar-refractivity contribution is 6.33. The van der Waals surface area contributed by atoms with Crippen LogP contribution in [-0.2, 0) is 0 Å². The summed E-state index contributed by atoms with van der Waals surface area (Å²) in [5.74, 6) is -2.06. The summed E-state index contributed by atoms with van der Waals surface area (Å²) in [6.07, 6.45) is 0.473. The first-order valence-electron chi connectivity index (χ1n) is 4.82. The van der Waals surface area contributed by atoms with E-state index in [-0.39, 0.29) is 11.1 Å². The Kier molecular flexibility index (Phi) is 3.20. The molecular weight excluding hydrogens is 246 g/mol. The van der Waals surface area contributed by atoms with Gasteiger partial charge in [0, 0.05) is 16.1 Å². The summed E-state index contributed by atoms with van der Waals surface area (Å²) in [6, 6.07) is 8.51. The Bertz CT molecular complexity index is 582. The molecular formula is C13H7ClF2O. The lowest BCUT2D eigenvalue weighted by atomic mass is 10.00. The van der Waals surface area contributed by atoms with Crippen LogP contribution in [0.3, 0.4) is 0 Å². The molecule has 0 unspecified atom stereocenters. The van der Waals surface area contributed by atoms with Crippen LogP contribution >= 0.6 is 11.6 Å². The smallest absolute Gasteiger partial charge is 0.159 e. The first-order chi connectivity index (χ1) is 8.13. The zero-order chi connectivity index (χ0) is 12.4. The molecule has 4 heteroatoms. The predicted octanol–water partition coefficient (Wildman–Crippen LogP) is 4.10. The Hall–Kier alpha value is -1.74. The molecule has 17 heavy (non-hydrogen) atoms. The van der Waals surface area contributed by atoms with Crippen LogP contribution in [0.15, 0.2) is 36.4 Å². The summed E-state index contributed by atoms with van der Waals surface area (Å²) >= 11 is 5.95. The third-order valence-electron chi connectivity index (χ3n) is 2.38. The molecule has 1 nitrogen and oxygen atoms in total. The summed E-state index contributed by atoms with van der Waals surface area (Å²) in [4.78, 5) is 10.8. The maximum absolute atomic E-state index is 13.2. The van der Waals surface area contributed by atoms with Gasteiger partial charge in [0.15, 0.2) is 17.9 Å².